The molecule has 1 aromatic carbocycles. The quantitative estimate of drug-likeness (QED) is 0.231. The van der Waals surface area contributed by atoms with Crippen LogP contribution in [-0.2, 0) is 20.6 Å². The predicted octanol–water partition coefficient (Wildman–Crippen LogP) is 6.16. The smallest absolute Gasteiger partial charge is 0.192 e. The highest BCUT2D eigenvalue weighted by Gasteiger charge is 2.45. The summed E-state index contributed by atoms with van der Waals surface area (Å²) in [4.78, 5) is 11.1. The second-order valence-electron chi connectivity index (χ2n) is 9.75. The van der Waals surface area contributed by atoms with E-state index in [1.165, 1.54) is 0 Å². The Morgan fingerprint density at radius 2 is 1.69 bits per heavy atom. The second-order valence-corrected chi connectivity index (χ2v) is 14.5. The Labute approximate surface area is 178 Å². The van der Waals surface area contributed by atoms with Crippen molar-refractivity contribution in [3.8, 4) is 5.75 Å². The van der Waals surface area contributed by atoms with Crippen molar-refractivity contribution >= 4 is 14.6 Å². The molecular formula is C24H40O4Si. The Bertz CT molecular complexity index is 644. The summed E-state index contributed by atoms with van der Waals surface area (Å²) < 4.78 is 18.2. The van der Waals surface area contributed by atoms with Crippen molar-refractivity contribution < 1.29 is 18.7 Å². The zero-order valence-electron chi connectivity index (χ0n) is 19.6. The van der Waals surface area contributed by atoms with Gasteiger partial charge in [-0.05, 0) is 42.2 Å². The Morgan fingerprint density at radius 1 is 1.10 bits per heavy atom. The van der Waals surface area contributed by atoms with Crippen LogP contribution in [0.4, 0.5) is 0 Å². The molecule has 0 aliphatic rings. The molecule has 0 saturated heterocycles. The van der Waals surface area contributed by atoms with Crippen molar-refractivity contribution in [3.05, 3.63) is 42.5 Å². The molecule has 2 atom stereocenters. The highest BCUT2D eigenvalue weighted by atomic mass is 28.4. The van der Waals surface area contributed by atoms with Crippen molar-refractivity contribution in [3.63, 3.8) is 0 Å². The SMILES string of the molecule is C=C[C@H](OCc1ccc(OC)cc1)C(C)(C)[C@H](CCC=O)O[Si](C)(C)C(C)(C)C. The first kappa shape index (κ1) is 25.6. The van der Waals surface area contributed by atoms with Gasteiger partial charge in [0.1, 0.15) is 12.0 Å². The van der Waals surface area contributed by atoms with Crippen LogP contribution in [0.2, 0.25) is 18.1 Å². The molecule has 0 heterocycles. The summed E-state index contributed by atoms with van der Waals surface area (Å²) >= 11 is 0. The van der Waals surface area contributed by atoms with Crippen molar-refractivity contribution in [2.45, 2.75) is 84.4 Å². The first-order chi connectivity index (χ1) is 13.4. The number of aldehydes is 1. The molecule has 0 aliphatic heterocycles. The lowest BCUT2D eigenvalue weighted by atomic mass is 9.78. The normalized spacial score (nSPS) is 14.9. The van der Waals surface area contributed by atoms with Gasteiger partial charge in [0.05, 0.1) is 25.9 Å². The van der Waals surface area contributed by atoms with Crippen LogP contribution < -0.4 is 4.74 Å². The van der Waals surface area contributed by atoms with E-state index in [1.807, 2.05) is 30.3 Å². The van der Waals surface area contributed by atoms with Crippen LogP contribution in [0, 0.1) is 5.41 Å². The number of rotatable bonds is 12. The minimum absolute atomic E-state index is 0.0903. The molecule has 0 radical (unpaired) electrons. The minimum Gasteiger partial charge on any atom is -0.497 e. The molecule has 0 fully saturated rings. The van der Waals surface area contributed by atoms with Gasteiger partial charge in [0.2, 0.25) is 0 Å². The summed E-state index contributed by atoms with van der Waals surface area (Å²) in [5.41, 5.74) is 0.746. The molecule has 164 valence electrons. The maximum absolute atomic E-state index is 11.1. The molecule has 29 heavy (non-hydrogen) atoms. The number of carbonyl (C=O) groups is 1. The van der Waals surface area contributed by atoms with E-state index in [0.29, 0.717) is 19.4 Å². The van der Waals surface area contributed by atoms with Crippen LogP contribution in [0.15, 0.2) is 36.9 Å². The highest BCUT2D eigenvalue weighted by Crippen LogP contribution is 2.42. The zero-order chi connectivity index (χ0) is 22.3. The molecule has 0 bridgehead atoms. The lowest BCUT2D eigenvalue weighted by Crippen LogP contribution is -2.51. The van der Waals surface area contributed by atoms with Gasteiger partial charge in [0, 0.05) is 11.8 Å². The van der Waals surface area contributed by atoms with E-state index in [4.69, 9.17) is 13.9 Å². The standard InChI is InChI=1S/C24H40O4Si/c1-10-21(27-18-19-13-15-20(26-7)16-14-19)24(5,6)22(12-11-17-25)28-29(8,9)23(2,3)4/h10,13-17,21-22H,1,11-12,18H2,2-9H3/t21-,22-/m0/s1. The van der Waals surface area contributed by atoms with Gasteiger partial charge in [-0.3, -0.25) is 0 Å². The number of carbonyl (C=O) groups excluding carboxylic acids is 1. The fourth-order valence-electron chi connectivity index (χ4n) is 3.01. The molecule has 4 nitrogen and oxygen atoms in total. The van der Waals surface area contributed by atoms with Crippen LogP contribution in [-0.4, -0.2) is 33.9 Å². The van der Waals surface area contributed by atoms with Crippen LogP contribution in [0.25, 0.3) is 0 Å². The molecule has 0 aliphatic carbocycles. The summed E-state index contributed by atoms with van der Waals surface area (Å²) in [6, 6.07) is 7.87. The van der Waals surface area contributed by atoms with Gasteiger partial charge < -0.3 is 18.7 Å². The van der Waals surface area contributed by atoms with Crippen molar-refractivity contribution in [2.24, 2.45) is 5.41 Å². The largest absolute Gasteiger partial charge is 0.497 e. The van der Waals surface area contributed by atoms with Gasteiger partial charge in [-0.25, -0.2) is 0 Å². The fourth-order valence-corrected chi connectivity index (χ4v) is 4.50. The predicted molar refractivity (Wildman–Crippen MR) is 123 cm³/mol. The topological polar surface area (TPSA) is 44.8 Å². The molecule has 0 spiro atoms. The molecule has 0 N–H and O–H groups in total. The van der Waals surface area contributed by atoms with E-state index in [-0.39, 0.29) is 22.7 Å². The maximum Gasteiger partial charge on any atom is 0.192 e. The van der Waals surface area contributed by atoms with Crippen LogP contribution in [0.5, 0.6) is 5.75 Å². The summed E-state index contributed by atoms with van der Waals surface area (Å²) in [6.45, 7) is 20.0. The Kier molecular flexibility index (Phi) is 9.32. The summed E-state index contributed by atoms with van der Waals surface area (Å²) in [7, 11) is -0.347. The molecular weight excluding hydrogens is 380 g/mol. The third kappa shape index (κ3) is 7.09. The minimum atomic E-state index is -2.00. The fraction of sp³-hybridized carbons (Fsp3) is 0.625. The van der Waals surface area contributed by atoms with Gasteiger partial charge in [-0.2, -0.15) is 0 Å². The van der Waals surface area contributed by atoms with Crippen LogP contribution >= 0.6 is 0 Å². The van der Waals surface area contributed by atoms with Gasteiger partial charge in [-0.15, -0.1) is 6.58 Å². The number of ether oxygens (including phenoxy) is 2. The molecule has 0 saturated carbocycles. The Morgan fingerprint density at radius 3 is 2.14 bits per heavy atom. The summed E-state index contributed by atoms with van der Waals surface area (Å²) in [5.74, 6) is 0.825. The first-order valence-electron chi connectivity index (χ1n) is 10.4. The molecule has 0 unspecified atom stereocenters. The number of hydrogen-bond acceptors (Lipinski definition) is 4. The van der Waals surface area contributed by atoms with Crippen LogP contribution in [0.3, 0.4) is 0 Å². The Balaban J connectivity index is 2.99. The van der Waals surface area contributed by atoms with E-state index >= 15 is 0 Å². The van der Waals surface area contributed by atoms with Crippen molar-refractivity contribution in [2.75, 3.05) is 7.11 Å². The van der Waals surface area contributed by atoms with E-state index in [0.717, 1.165) is 17.6 Å². The molecule has 1 rings (SSSR count). The van der Waals surface area contributed by atoms with E-state index in [1.54, 1.807) is 7.11 Å². The average molecular weight is 421 g/mol. The van der Waals surface area contributed by atoms with Crippen LogP contribution in [0.1, 0.15) is 53.0 Å². The van der Waals surface area contributed by atoms with Crippen molar-refractivity contribution in [1.29, 1.82) is 0 Å². The van der Waals surface area contributed by atoms with Crippen molar-refractivity contribution in [1.82, 2.24) is 0 Å². The summed E-state index contributed by atoms with van der Waals surface area (Å²) in [6.07, 6.45) is 3.69. The van der Waals surface area contributed by atoms with Gasteiger partial charge in [-0.1, -0.05) is 52.8 Å². The second kappa shape index (κ2) is 10.6. The van der Waals surface area contributed by atoms with E-state index < -0.39 is 8.32 Å². The first-order valence-corrected chi connectivity index (χ1v) is 13.3. The van der Waals surface area contributed by atoms with Gasteiger partial charge in [0.15, 0.2) is 8.32 Å². The highest BCUT2D eigenvalue weighted by molar-refractivity contribution is 6.74. The molecule has 5 heteroatoms. The number of methoxy groups -OCH3 is 1. The zero-order valence-corrected chi connectivity index (χ0v) is 20.6. The maximum atomic E-state index is 11.1. The lowest BCUT2D eigenvalue weighted by molar-refractivity contribution is -0.109. The average Bonchev–Trinajstić information content (AvgIpc) is 2.64. The third-order valence-electron chi connectivity index (χ3n) is 6.16. The Hall–Kier alpha value is -1.43. The lowest BCUT2D eigenvalue weighted by Gasteiger charge is -2.46. The van der Waals surface area contributed by atoms with Gasteiger partial charge >= 0.3 is 0 Å². The molecule has 0 amide bonds. The third-order valence-corrected chi connectivity index (χ3v) is 10.6. The van der Waals surface area contributed by atoms with Gasteiger partial charge in [0.25, 0.3) is 0 Å². The summed E-state index contributed by atoms with van der Waals surface area (Å²) in [5, 5.41) is 0.0934. The van der Waals surface area contributed by atoms with E-state index in [2.05, 4.69) is 54.3 Å². The van der Waals surface area contributed by atoms with E-state index in [9.17, 15) is 4.79 Å². The molecule has 1 aromatic rings. The number of hydrogen-bond donors (Lipinski definition) is 0. The number of benzene rings is 1. The molecule has 0 aromatic heterocycles. The monoisotopic (exact) mass is 420 g/mol.